The first kappa shape index (κ1) is 10.2. The fraction of sp³-hybridized carbons (Fsp3) is 0.462. The number of nitrogens with zero attached hydrogens (tertiary/aromatic N) is 2. The number of piperazine rings is 1. The standard InChI is InChI=1S/C13H16N4O/c1-2-11-9(3-8-18-11)12-10(1)13(16-15-12)17-6-4-14-5-7-17/h3,8,14H,1-2,4-7H2,(H,15,16). The van der Waals surface area contributed by atoms with Gasteiger partial charge in [-0.3, -0.25) is 5.10 Å². The minimum Gasteiger partial charge on any atom is -0.469 e. The maximum absolute atomic E-state index is 5.50. The molecule has 0 bridgehead atoms. The van der Waals surface area contributed by atoms with Crippen LogP contribution in [0.25, 0.3) is 11.3 Å². The van der Waals surface area contributed by atoms with E-state index in [4.69, 9.17) is 4.42 Å². The lowest BCUT2D eigenvalue weighted by atomic mass is 9.95. The SMILES string of the molecule is c1cc2c(o1)CCc1c(N3CCNCC3)n[nH]c1-2. The van der Waals surface area contributed by atoms with Crippen molar-refractivity contribution in [2.45, 2.75) is 12.8 Å². The Balaban J connectivity index is 1.76. The number of fused-ring (bicyclic) bond motifs is 3. The smallest absolute Gasteiger partial charge is 0.154 e. The van der Waals surface area contributed by atoms with Crippen LogP contribution in [0.5, 0.6) is 0 Å². The van der Waals surface area contributed by atoms with Crippen molar-refractivity contribution < 1.29 is 4.42 Å². The fourth-order valence-electron chi connectivity index (χ4n) is 2.95. The summed E-state index contributed by atoms with van der Waals surface area (Å²) in [7, 11) is 0. The topological polar surface area (TPSA) is 57.1 Å². The summed E-state index contributed by atoms with van der Waals surface area (Å²) in [5.74, 6) is 2.22. The molecule has 5 heteroatoms. The normalized spacial score (nSPS) is 18.6. The van der Waals surface area contributed by atoms with Crippen LogP contribution >= 0.6 is 0 Å². The molecule has 0 radical (unpaired) electrons. The second-order valence-corrected chi connectivity index (χ2v) is 4.90. The van der Waals surface area contributed by atoms with Gasteiger partial charge in [-0.2, -0.15) is 5.10 Å². The van der Waals surface area contributed by atoms with Crippen molar-refractivity contribution in [3.63, 3.8) is 0 Å². The van der Waals surface area contributed by atoms with E-state index in [1.54, 1.807) is 6.26 Å². The molecule has 18 heavy (non-hydrogen) atoms. The Morgan fingerprint density at radius 3 is 3.00 bits per heavy atom. The lowest BCUT2D eigenvalue weighted by Crippen LogP contribution is -2.44. The Kier molecular flexibility index (Phi) is 2.20. The van der Waals surface area contributed by atoms with Crippen molar-refractivity contribution in [2.24, 2.45) is 0 Å². The number of hydrogen-bond donors (Lipinski definition) is 2. The molecule has 0 unspecified atom stereocenters. The molecule has 94 valence electrons. The minimum atomic E-state index is 0.980. The van der Waals surface area contributed by atoms with Crippen LogP contribution < -0.4 is 10.2 Å². The van der Waals surface area contributed by atoms with E-state index in [0.29, 0.717) is 0 Å². The highest BCUT2D eigenvalue weighted by molar-refractivity contribution is 5.73. The van der Waals surface area contributed by atoms with Crippen LogP contribution in [0.15, 0.2) is 16.7 Å². The Morgan fingerprint density at radius 2 is 2.11 bits per heavy atom. The summed E-state index contributed by atoms with van der Waals surface area (Å²) in [4.78, 5) is 2.37. The number of rotatable bonds is 1. The summed E-state index contributed by atoms with van der Waals surface area (Å²) in [6.45, 7) is 4.16. The van der Waals surface area contributed by atoms with Gasteiger partial charge in [0.25, 0.3) is 0 Å². The molecule has 1 aliphatic carbocycles. The molecule has 0 amide bonds. The molecule has 0 saturated carbocycles. The fourth-order valence-corrected chi connectivity index (χ4v) is 2.95. The molecule has 4 rings (SSSR count). The molecule has 3 heterocycles. The summed E-state index contributed by atoms with van der Waals surface area (Å²) in [6.07, 6.45) is 3.77. The number of nitrogens with one attached hydrogen (secondary N) is 2. The number of furan rings is 1. The lowest BCUT2D eigenvalue weighted by molar-refractivity contribution is 0.507. The Labute approximate surface area is 105 Å². The molecule has 0 atom stereocenters. The summed E-state index contributed by atoms with van der Waals surface area (Å²) >= 11 is 0. The van der Waals surface area contributed by atoms with Crippen LogP contribution in [0.1, 0.15) is 11.3 Å². The van der Waals surface area contributed by atoms with E-state index < -0.39 is 0 Å². The van der Waals surface area contributed by atoms with Crippen LogP contribution in [-0.4, -0.2) is 36.4 Å². The second kappa shape index (κ2) is 3.88. The largest absolute Gasteiger partial charge is 0.469 e. The molecule has 2 aliphatic rings. The molecule has 1 aliphatic heterocycles. The minimum absolute atomic E-state index is 0.980. The van der Waals surface area contributed by atoms with Crippen molar-refractivity contribution >= 4 is 5.82 Å². The van der Waals surface area contributed by atoms with E-state index in [-0.39, 0.29) is 0 Å². The highest BCUT2D eigenvalue weighted by Gasteiger charge is 2.26. The molecule has 2 N–H and O–H groups in total. The average Bonchev–Trinajstić information content (AvgIpc) is 3.05. The summed E-state index contributed by atoms with van der Waals surface area (Å²) < 4.78 is 5.50. The maximum atomic E-state index is 5.50. The van der Waals surface area contributed by atoms with Gasteiger partial charge >= 0.3 is 0 Å². The zero-order valence-corrected chi connectivity index (χ0v) is 10.2. The van der Waals surface area contributed by atoms with E-state index in [0.717, 1.165) is 56.3 Å². The first-order valence-corrected chi connectivity index (χ1v) is 6.53. The van der Waals surface area contributed by atoms with Gasteiger partial charge in [0, 0.05) is 43.7 Å². The Morgan fingerprint density at radius 1 is 1.22 bits per heavy atom. The van der Waals surface area contributed by atoms with Gasteiger partial charge in [0.05, 0.1) is 12.0 Å². The van der Waals surface area contributed by atoms with E-state index in [2.05, 4.69) is 20.4 Å². The molecule has 2 aromatic rings. The third-order valence-electron chi connectivity index (χ3n) is 3.88. The quantitative estimate of drug-likeness (QED) is 0.791. The predicted molar refractivity (Wildman–Crippen MR) is 68.8 cm³/mol. The molecular weight excluding hydrogens is 228 g/mol. The predicted octanol–water partition coefficient (Wildman–Crippen LogP) is 1.18. The van der Waals surface area contributed by atoms with Crippen molar-refractivity contribution in [3.05, 3.63) is 23.7 Å². The van der Waals surface area contributed by atoms with Gasteiger partial charge in [-0.05, 0) is 12.5 Å². The van der Waals surface area contributed by atoms with E-state index >= 15 is 0 Å². The second-order valence-electron chi connectivity index (χ2n) is 4.90. The summed E-state index contributed by atoms with van der Waals surface area (Å²) in [6, 6.07) is 2.03. The highest BCUT2D eigenvalue weighted by atomic mass is 16.3. The van der Waals surface area contributed by atoms with E-state index in [1.807, 2.05) is 6.07 Å². The van der Waals surface area contributed by atoms with Gasteiger partial charge < -0.3 is 14.6 Å². The molecule has 2 aromatic heterocycles. The van der Waals surface area contributed by atoms with Gasteiger partial charge in [0.1, 0.15) is 5.76 Å². The molecule has 1 saturated heterocycles. The molecule has 5 nitrogen and oxygen atoms in total. The van der Waals surface area contributed by atoms with Gasteiger partial charge in [0.2, 0.25) is 0 Å². The molecule has 0 aromatic carbocycles. The van der Waals surface area contributed by atoms with Crippen LogP contribution in [0.4, 0.5) is 5.82 Å². The average molecular weight is 244 g/mol. The number of anilines is 1. The van der Waals surface area contributed by atoms with Crippen LogP contribution in [0.3, 0.4) is 0 Å². The zero-order chi connectivity index (χ0) is 11.9. The maximum Gasteiger partial charge on any atom is 0.154 e. The Hall–Kier alpha value is -1.75. The summed E-state index contributed by atoms with van der Waals surface area (Å²) in [5.41, 5.74) is 3.69. The number of aromatic amines is 1. The van der Waals surface area contributed by atoms with Crippen LogP contribution in [-0.2, 0) is 12.8 Å². The molecule has 1 fully saturated rings. The third-order valence-corrected chi connectivity index (χ3v) is 3.88. The van der Waals surface area contributed by atoms with Crippen LogP contribution in [0, 0.1) is 0 Å². The molecular formula is C13H16N4O. The lowest BCUT2D eigenvalue weighted by Gasteiger charge is -2.28. The first-order chi connectivity index (χ1) is 8.93. The number of hydrogen-bond acceptors (Lipinski definition) is 4. The third kappa shape index (κ3) is 1.40. The van der Waals surface area contributed by atoms with Crippen molar-refractivity contribution in [1.29, 1.82) is 0 Å². The summed E-state index contributed by atoms with van der Waals surface area (Å²) in [5, 5.41) is 11.1. The van der Waals surface area contributed by atoms with Gasteiger partial charge in [-0.25, -0.2) is 0 Å². The van der Waals surface area contributed by atoms with Gasteiger partial charge in [-0.1, -0.05) is 0 Å². The highest BCUT2D eigenvalue weighted by Crippen LogP contribution is 2.37. The molecule has 0 spiro atoms. The van der Waals surface area contributed by atoms with E-state index in [9.17, 15) is 0 Å². The van der Waals surface area contributed by atoms with Crippen molar-refractivity contribution in [2.75, 3.05) is 31.1 Å². The van der Waals surface area contributed by atoms with Gasteiger partial charge in [-0.15, -0.1) is 0 Å². The number of H-pyrrole nitrogens is 1. The van der Waals surface area contributed by atoms with Crippen LogP contribution in [0.2, 0.25) is 0 Å². The van der Waals surface area contributed by atoms with Gasteiger partial charge in [0.15, 0.2) is 5.82 Å². The Bertz CT molecular complexity index is 565. The van der Waals surface area contributed by atoms with E-state index in [1.165, 1.54) is 11.1 Å². The van der Waals surface area contributed by atoms with Crippen molar-refractivity contribution in [1.82, 2.24) is 15.5 Å². The first-order valence-electron chi connectivity index (χ1n) is 6.53. The zero-order valence-electron chi connectivity index (χ0n) is 10.2. The van der Waals surface area contributed by atoms with Crippen molar-refractivity contribution in [3.8, 4) is 11.3 Å². The monoisotopic (exact) mass is 244 g/mol. The number of aromatic nitrogens is 2. The number of aryl methyl sites for hydroxylation is 1.